The molecule has 0 amide bonds. The summed E-state index contributed by atoms with van der Waals surface area (Å²) in [7, 11) is 1.77. The molecule has 2 atom stereocenters. The Morgan fingerprint density at radius 1 is 1.12 bits per heavy atom. The number of hydrogen-bond donors (Lipinski definition) is 0. The molecule has 2 aliphatic carbocycles. The minimum Gasteiger partial charge on any atom is -0.501 e. The Kier molecular flexibility index (Phi) is 4.90. The Bertz CT molecular complexity index is 341. The van der Waals surface area contributed by atoms with E-state index in [-0.39, 0.29) is 0 Å². The normalized spacial score (nSPS) is 30.0. The number of methoxy groups -OCH3 is 1. The average molecular weight is 297 g/mol. The van der Waals surface area contributed by atoms with Gasteiger partial charge in [-0.05, 0) is 54.5 Å². The van der Waals surface area contributed by atoms with Gasteiger partial charge < -0.3 is 4.74 Å². The summed E-state index contributed by atoms with van der Waals surface area (Å²) in [4.78, 5) is 0. The lowest BCUT2D eigenvalue weighted by Gasteiger charge is -2.20. The van der Waals surface area contributed by atoms with Gasteiger partial charge in [-0.25, -0.2) is 0 Å². The van der Waals surface area contributed by atoms with Gasteiger partial charge in [-0.15, -0.1) is 0 Å². The predicted molar refractivity (Wildman–Crippen MR) is 75.9 cm³/mol. The maximum Gasteiger partial charge on any atom is 0.0916 e. The quantitative estimate of drug-likeness (QED) is 0.670. The molecular formula is C15H21BrO. The summed E-state index contributed by atoms with van der Waals surface area (Å²) in [5.41, 5.74) is 0. The number of rotatable bonds is 3. The molecule has 0 fully saturated rings. The lowest BCUT2D eigenvalue weighted by atomic mass is 9.89. The van der Waals surface area contributed by atoms with Gasteiger partial charge in [0.25, 0.3) is 0 Å². The van der Waals surface area contributed by atoms with E-state index in [0.717, 1.165) is 24.7 Å². The molecule has 1 nitrogen and oxygen atoms in total. The maximum atomic E-state index is 5.27. The first-order chi connectivity index (χ1) is 8.28. The van der Waals surface area contributed by atoms with E-state index < -0.39 is 0 Å². The number of ether oxygens (including phenoxy) is 1. The van der Waals surface area contributed by atoms with E-state index in [1.165, 1.54) is 35.9 Å². The van der Waals surface area contributed by atoms with Crippen molar-refractivity contribution in [2.75, 3.05) is 7.11 Å². The highest BCUT2D eigenvalue weighted by atomic mass is 79.9. The summed E-state index contributed by atoms with van der Waals surface area (Å²) in [5.74, 6) is 2.64. The molecule has 17 heavy (non-hydrogen) atoms. The first-order valence-corrected chi connectivity index (χ1v) is 7.33. The van der Waals surface area contributed by atoms with Crippen molar-refractivity contribution in [2.45, 2.75) is 38.5 Å². The smallest absolute Gasteiger partial charge is 0.0916 e. The molecule has 0 saturated carbocycles. The van der Waals surface area contributed by atoms with Crippen molar-refractivity contribution in [3.05, 3.63) is 34.5 Å². The van der Waals surface area contributed by atoms with Crippen LogP contribution in [0.5, 0.6) is 0 Å². The SMILES string of the molecule is COC1=CC[C@@H](/C=C/[C@@H]2CC=C(Br)CC2)CC1. The van der Waals surface area contributed by atoms with Crippen molar-refractivity contribution in [3.8, 4) is 0 Å². The molecule has 0 aromatic carbocycles. The van der Waals surface area contributed by atoms with Crippen LogP contribution in [0.4, 0.5) is 0 Å². The van der Waals surface area contributed by atoms with Gasteiger partial charge in [0.15, 0.2) is 0 Å². The van der Waals surface area contributed by atoms with E-state index in [1.54, 1.807) is 7.11 Å². The highest BCUT2D eigenvalue weighted by molar-refractivity contribution is 9.11. The van der Waals surface area contributed by atoms with Crippen LogP contribution in [-0.4, -0.2) is 7.11 Å². The van der Waals surface area contributed by atoms with Crippen molar-refractivity contribution in [1.29, 1.82) is 0 Å². The summed E-state index contributed by atoms with van der Waals surface area (Å²) in [6.45, 7) is 0. The Hall–Kier alpha value is -0.500. The molecule has 0 spiro atoms. The van der Waals surface area contributed by atoms with E-state index >= 15 is 0 Å². The predicted octanol–water partition coefficient (Wildman–Crippen LogP) is 4.95. The van der Waals surface area contributed by atoms with Crippen LogP contribution in [0, 0.1) is 11.8 Å². The first-order valence-electron chi connectivity index (χ1n) is 6.54. The summed E-state index contributed by atoms with van der Waals surface area (Å²) in [6.07, 6.45) is 16.6. The van der Waals surface area contributed by atoms with Gasteiger partial charge in [-0.2, -0.15) is 0 Å². The monoisotopic (exact) mass is 296 g/mol. The molecule has 0 saturated heterocycles. The van der Waals surface area contributed by atoms with Gasteiger partial charge in [0, 0.05) is 6.42 Å². The van der Waals surface area contributed by atoms with Crippen LogP contribution in [0.25, 0.3) is 0 Å². The van der Waals surface area contributed by atoms with E-state index in [1.807, 2.05) is 0 Å². The van der Waals surface area contributed by atoms with E-state index in [9.17, 15) is 0 Å². The van der Waals surface area contributed by atoms with Crippen LogP contribution >= 0.6 is 15.9 Å². The molecule has 0 bridgehead atoms. The van der Waals surface area contributed by atoms with Gasteiger partial charge in [-0.3, -0.25) is 0 Å². The summed E-state index contributed by atoms with van der Waals surface area (Å²) < 4.78 is 6.65. The van der Waals surface area contributed by atoms with Crippen LogP contribution in [0.1, 0.15) is 38.5 Å². The molecule has 0 heterocycles. The lowest BCUT2D eigenvalue weighted by molar-refractivity contribution is 0.260. The Labute approximate surface area is 113 Å². The average Bonchev–Trinajstić information content (AvgIpc) is 2.39. The highest BCUT2D eigenvalue weighted by Gasteiger charge is 2.14. The van der Waals surface area contributed by atoms with Gasteiger partial charge in [0.1, 0.15) is 0 Å². The summed E-state index contributed by atoms with van der Waals surface area (Å²) >= 11 is 3.57. The van der Waals surface area contributed by atoms with Crippen molar-refractivity contribution in [3.63, 3.8) is 0 Å². The van der Waals surface area contributed by atoms with Crippen LogP contribution in [0.2, 0.25) is 0 Å². The Morgan fingerprint density at radius 3 is 2.24 bits per heavy atom. The maximum absolute atomic E-state index is 5.27. The fourth-order valence-electron chi connectivity index (χ4n) is 2.50. The van der Waals surface area contributed by atoms with Crippen LogP contribution in [0.15, 0.2) is 34.5 Å². The zero-order valence-corrected chi connectivity index (χ0v) is 12.1. The van der Waals surface area contributed by atoms with Gasteiger partial charge in [0.05, 0.1) is 12.9 Å². The van der Waals surface area contributed by atoms with E-state index in [0.29, 0.717) is 0 Å². The summed E-state index contributed by atoms with van der Waals surface area (Å²) in [5, 5.41) is 0. The van der Waals surface area contributed by atoms with Gasteiger partial charge in [-0.1, -0.05) is 34.2 Å². The zero-order valence-electron chi connectivity index (χ0n) is 10.5. The largest absolute Gasteiger partial charge is 0.501 e. The highest BCUT2D eigenvalue weighted by Crippen LogP contribution is 2.30. The Morgan fingerprint density at radius 2 is 1.76 bits per heavy atom. The van der Waals surface area contributed by atoms with Crippen LogP contribution in [0.3, 0.4) is 0 Å². The third-order valence-corrected chi connectivity index (χ3v) is 4.44. The van der Waals surface area contributed by atoms with E-state index in [2.05, 4.69) is 40.2 Å². The molecule has 2 heteroatoms. The van der Waals surface area contributed by atoms with Crippen molar-refractivity contribution in [1.82, 2.24) is 0 Å². The summed E-state index contributed by atoms with van der Waals surface area (Å²) in [6, 6.07) is 0. The fraction of sp³-hybridized carbons (Fsp3) is 0.600. The fourth-order valence-corrected chi connectivity index (χ4v) is 2.92. The number of hydrogen-bond acceptors (Lipinski definition) is 1. The third-order valence-electron chi connectivity index (χ3n) is 3.72. The minimum atomic E-state index is 0.725. The molecule has 0 N–H and O–H groups in total. The lowest BCUT2D eigenvalue weighted by Crippen LogP contribution is -2.06. The first kappa shape index (κ1) is 12.9. The van der Waals surface area contributed by atoms with E-state index in [4.69, 9.17) is 4.74 Å². The number of allylic oxidation sites excluding steroid dienone is 6. The van der Waals surface area contributed by atoms with Gasteiger partial charge >= 0.3 is 0 Å². The second kappa shape index (κ2) is 6.44. The molecule has 0 aromatic rings. The molecule has 0 radical (unpaired) electrons. The second-order valence-corrected chi connectivity index (χ2v) is 6.00. The Balaban J connectivity index is 1.80. The molecule has 2 rings (SSSR count). The van der Waals surface area contributed by atoms with Crippen LogP contribution < -0.4 is 0 Å². The molecule has 0 unspecified atom stereocenters. The van der Waals surface area contributed by atoms with Crippen molar-refractivity contribution >= 4 is 15.9 Å². The molecule has 0 aromatic heterocycles. The standard InChI is InChI=1S/C15H21BrO/c1-17-15-10-6-13(7-11-15)3-2-12-4-8-14(16)9-5-12/h2-3,8,10,12-13H,4-7,9,11H2,1H3/b3-2+/t12-,13-/m1/s1. The molecule has 94 valence electrons. The zero-order chi connectivity index (χ0) is 12.1. The van der Waals surface area contributed by atoms with Crippen molar-refractivity contribution in [2.24, 2.45) is 11.8 Å². The number of halogens is 1. The molecule has 2 aliphatic rings. The molecular weight excluding hydrogens is 276 g/mol. The second-order valence-electron chi connectivity index (χ2n) is 4.98. The van der Waals surface area contributed by atoms with Gasteiger partial charge in [0.2, 0.25) is 0 Å². The third kappa shape index (κ3) is 4.02. The van der Waals surface area contributed by atoms with Crippen LogP contribution in [-0.2, 0) is 4.74 Å². The topological polar surface area (TPSA) is 9.23 Å². The van der Waals surface area contributed by atoms with Crippen molar-refractivity contribution < 1.29 is 4.74 Å². The molecule has 0 aliphatic heterocycles. The minimum absolute atomic E-state index is 0.725.